The van der Waals surface area contributed by atoms with Crippen molar-refractivity contribution in [3.05, 3.63) is 60.2 Å². The second kappa shape index (κ2) is 8.06. The van der Waals surface area contributed by atoms with Crippen LogP contribution in [0.2, 0.25) is 0 Å². The maximum absolute atomic E-state index is 13.3. The van der Waals surface area contributed by atoms with Crippen LogP contribution >= 0.6 is 0 Å². The van der Waals surface area contributed by atoms with Gasteiger partial charge in [0.25, 0.3) is 11.8 Å². The summed E-state index contributed by atoms with van der Waals surface area (Å²) in [5.41, 5.74) is 1.57. The molecule has 0 saturated carbocycles. The first-order valence-corrected chi connectivity index (χ1v) is 11.9. The number of rotatable bonds is 5. The second-order valence-corrected chi connectivity index (χ2v) is 9.88. The van der Waals surface area contributed by atoms with Crippen molar-refractivity contribution in [1.29, 1.82) is 0 Å². The van der Waals surface area contributed by atoms with Gasteiger partial charge in [-0.2, -0.15) is 0 Å². The Bertz CT molecular complexity index is 1170. The number of sulfone groups is 1. The number of aromatic nitrogens is 3. The number of carbonyl (C=O) groups excluding carboxylic acids is 1. The van der Waals surface area contributed by atoms with Crippen molar-refractivity contribution >= 4 is 21.4 Å². The van der Waals surface area contributed by atoms with Crippen molar-refractivity contribution in [3.63, 3.8) is 0 Å². The monoisotopic (exact) mass is 428 g/mol. The van der Waals surface area contributed by atoms with E-state index in [4.69, 9.17) is 4.74 Å². The van der Waals surface area contributed by atoms with Crippen LogP contribution in [0.25, 0.3) is 5.65 Å². The molecule has 8 nitrogen and oxygen atoms in total. The van der Waals surface area contributed by atoms with E-state index >= 15 is 0 Å². The molecule has 3 heterocycles. The number of likely N-dealkylation sites (tertiary alicyclic amines) is 1. The molecule has 1 aliphatic heterocycles. The minimum Gasteiger partial charge on any atom is -0.470 e. The number of nitrogens with zero attached hydrogens (tertiary/aromatic N) is 4. The molecule has 1 unspecified atom stereocenters. The van der Waals surface area contributed by atoms with Crippen LogP contribution in [-0.2, 0) is 15.6 Å². The predicted molar refractivity (Wildman–Crippen MR) is 112 cm³/mol. The van der Waals surface area contributed by atoms with Crippen LogP contribution < -0.4 is 4.74 Å². The van der Waals surface area contributed by atoms with Gasteiger partial charge >= 0.3 is 0 Å². The lowest BCUT2D eigenvalue weighted by Gasteiger charge is -2.38. The Balaban J connectivity index is 1.56. The Morgan fingerprint density at radius 3 is 2.67 bits per heavy atom. The number of carbonyl (C=O) groups is 1. The lowest BCUT2D eigenvalue weighted by Crippen LogP contribution is -2.49. The molecule has 9 heteroatoms. The van der Waals surface area contributed by atoms with E-state index in [1.807, 2.05) is 17.5 Å². The van der Waals surface area contributed by atoms with Gasteiger partial charge in [-0.3, -0.25) is 4.79 Å². The molecule has 0 spiro atoms. The Hall–Kier alpha value is -2.94. The van der Waals surface area contributed by atoms with Crippen molar-refractivity contribution < 1.29 is 17.9 Å². The Kier molecular flexibility index (Phi) is 5.46. The molecule has 158 valence electrons. The summed E-state index contributed by atoms with van der Waals surface area (Å²) in [7, 11) is -3.26. The molecule has 2 atom stereocenters. The highest BCUT2D eigenvalue weighted by Gasteiger charge is 2.32. The molecule has 1 amide bonds. The van der Waals surface area contributed by atoms with Gasteiger partial charge in [-0.05, 0) is 31.4 Å². The largest absolute Gasteiger partial charge is 0.470 e. The van der Waals surface area contributed by atoms with Gasteiger partial charge in [-0.1, -0.05) is 18.2 Å². The zero-order chi connectivity index (χ0) is 21.3. The van der Waals surface area contributed by atoms with Gasteiger partial charge in [-0.25, -0.2) is 18.4 Å². The van der Waals surface area contributed by atoms with Crippen LogP contribution in [0.1, 0.15) is 35.7 Å². The number of fused-ring (bicyclic) bond motifs is 1. The second-order valence-electron chi connectivity index (χ2n) is 7.74. The summed E-state index contributed by atoms with van der Waals surface area (Å²) in [4.78, 5) is 23.7. The fourth-order valence-electron chi connectivity index (χ4n) is 3.82. The molecule has 4 rings (SSSR count). The fraction of sp³-hybridized carbons (Fsp3) is 0.381. The number of hydrogen-bond acceptors (Lipinski definition) is 6. The van der Waals surface area contributed by atoms with Gasteiger partial charge in [0.05, 0.1) is 12.3 Å². The number of piperidine rings is 1. The minimum atomic E-state index is -3.26. The van der Waals surface area contributed by atoms with Crippen LogP contribution in [0.3, 0.4) is 0 Å². The standard InChI is InChI=1S/C21H24N4O4S/c1-15-7-8-17(29-20-19-22-9-11-24(19)12-10-23-20)13-25(15)21(26)18-6-4-3-5-16(18)14-30(2,27)28/h3-6,9-12,15,17H,7-8,13-14H2,1-2H3/t15-,17?/m1/s1. The summed E-state index contributed by atoms with van der Waals surface area (Å²) in [6.07, 6.45) is 9.48. The third-order valence-electron chi connectivity index (χ3n) is 5.32. The van der Waals surface area contributed by atoms with Gasteiger partial charge in [0.2, 0.25) is 0 Å². The van der Waals surface area contributed by atoms with E-state index in [-0.39, 0.29) is 23.8 Å². The third kappa shape index (κ3) is 4.30. The molecule has 1 aromatic carbocycles. The Morgan fingerprint density at radius 2 is 1.90 bits per heavy atom. The zero-order valence-electron chi connectivity index (χ0n) is 16.9. The minimum absolute atomic E-state index is 0.0267. The summed E-state index contributed by atoms with van der Waals surface area (Å²) in [5.74, 6) is 0.0945. The molecule has 1 fully saturated rings. The number of hydrogen-bond donors (Lipinski definition) is 0. The van der Waals surface area contributed by atoms with Crippen molar-refractivity contribution in [2.75, 3.05) is 12.8 Å². The quantitative estimate of drug-likeness (QED) is 0.619. The Labute approximate surface area is 175 Å². The van der Waals surface area contributed by atoms with Gasteiger partial charge in [0.1, 0.15) is 6.10 Å². The summed E-state index contributed by atoms with van der Waals surface area (Å²) in [6.45, 7) is 2.40. The summed E-state index contributed by atoms with van der Waals surface area (Å²) in [5, 5.41) is 0. The van der Waals surface area contributed by atoms with Gasteiger partial charge in [-0.15, -0.1) is 0 Å². The third-order valence-corrected chi connectivity index (χ3v) is 6.16. The topological polar surface area (TPSA) is 93.9 Å². The van der Waals surface area contributed by atoms with Crippen LogP contribution in [-0.4, -0.2) is 58.5 Å². The van der Waals surface area contributed by atoms with Gasteiger partial charge in [0.15, 0.2) is 15.5 Å². The maximum atomic E-state index is 13.3. The summed E-state index contributed by atoms with van der Waals surface area (Å²) in [6, 6.07) is 6.91. The van der Waals surface area contributed by atoms with Crippen molar-refractivity contribution in [1.82, 2.24) is 19.3 Å². The van der Waals surface area contributed by atoms with E-state index in [1.54, 1.807) is 47.8 Å². The van der Waals surface area contributed by atoms with Gasteiger partial charge < -0.3 is 14.0 Å². The van der Waals surface area contributed by atoms with E-state index in [2.05, 4.69) is 9.97 Å². The average Bonchev–Trinajstić information content (AvgIpc) is 3.18. The molecule has 30 heavy (non-hydrogen) atoms. The first-order chi connectivity index (χ1) is 14.3. The smallest absolute Gasteiger partial charge is 0.258 e. The van der Waals surface area contributed by atoms with Gasteiger partial charge in [0, 0.05) is 42.6 Å². The molecule has 3 aromatic rings. The SMILES string of the molecule is C[C@@H]1CCC(Oc2nccn3ccnc23)CN1C(=O)c1ccccc1CS(C)(=O)=O. The van der Waals surface area contributed by atoms with Crippen LogP contribution in [0.4, 0.5) is 0 Å². The normalized spacial score (nSPS) is 19.7. The van der Waals surface area contributed by atoms with E-state index in [0.29, 0.717) is 29.2 Å². The first kappa shape index (κ1) is 20.3. The lowest BCUT2D eigenvalue weighted by atomic mass is 9.99. The maximum Gasteiger partial charge on any atom is 0.258 e. The average molecular weight is 429 g/mol. The van der Waals surface area contributed by atoms with E-state index in [1.165, 1.54) is 6.26 Å². The molecule has 0 radical (unpaired) electrons. The molecule has 0 aliphatic carbocycles. The van der Waals surface area contributed by atoms with Crippen LogP contribution in [0.5, 0.6) is 5.88 Å². The number of imidazole rings is 1. The highest BCUT2D eigenvalue weighted by Crippen LogP contribution is 2.25. The zero-order valence-corrected chi connectivity index (χ0v) is 17.7. The van der Waals surface area contributed by atoms with E-state index in [0.717, 1.165) is 12.8 Å². The molecule has 1 aliphatic rings. The lowest BCUT2D eigenvalue weighted by molar-refractivity contribution is 0.0375. The number of amides is 1. The molecular weight excluding hydrogens is 404 g/mol. The highest BCUT2D eigenvalue weighted by molar-refractivity contribution is 7.89. The van der Waals surface area contributed by atoms with Crippen LogP contribution in [0, 0.1) is 0 Å². The van der Waals surface area contributed by atoms with E-state index in [9.17, 15) is 13.2 Å². The molecule has 0 N–H and O–H groups in total. The summed E-state index contributed by atoms with van der Waals surface area (Å²) >= 11 is 0. The number of benzene rings is 1. The summed E-state index contributed by atoms with van der Waals surface area (Å²) < 4.78 is 31.5. The molecule has 2 aromatic heterocycles. The van der Waals surface area contributed by atoms with Crippen molar-refractivity contribution in [2.45, 2.75) is 37.7 Å². The number of ether oxygens (including phenoxy) is 1. The predicted octanol–water partition coefficient (Wildman–Crippen LogP) is 2.35. The van der Waals surface area contributed by atoms with Crippen LogP contribution in [0.15, 0.2) is 49.1 Å². The first-order valence-electron chi connectivity index (χ1n) is 9.83. The fourth-order valence-corrected chi connectivity index (χ4v) is 4.63. The highest BCUT2D eigenvalue weighted by atomic mass is 32.2. The van der Waals surface area contributed by atoms with Crippen molar-refractivity contribution in [3.8, 4) is 5.88 Å². The van der Waals surface area contributed by atoms with Crippen molar-refractivity contribution in [2.24, 2.45) is 0 Å². The Morgan fingerprint density at radius 1 is 1.17 bits per heavy atom. The molecular formula is C21H24N4O4S. The van der Waals surface area contributed by atoms with E-state index < -0.39 is 9.84 Å². The molecule has 0 bridgehead atoms. The molecule has 1 saturated heterocycles.